The second kappa shape index (κ2) is 6.05. The van der Waals surface area contributed by atoms with Crippen LogP contribution in [0.2, 0.25) is 0 Å². The molecular formula is C16H16O3. The number of carbonyl (C=O) groups is 1. The van der Waals surface area contributed by atoms with E-state index < -0.39 is 5.97 Å². The van der Waals surface area contributed by atoms with E-state index in [2.05, 4.69) is 0 Å². The molecule has 0 bridgehead atoms. The fourth-order valence-corrected chi connectivity index (χ4v) is 1.68. The van der Waals surface area contributed by atoms with E-state index in [1.165, 1.54) is 0 Å². The van der Waals surface area contributed by atoms with Crippen molar-refractivity contribution in [1.82, 2.24) is 0 Å². The Bertz CT molecular complexity index is 558. The third kappa shape index (κ3) is 3.35. The average molecular weight is 256 g/mol. The predicted octanol–water partition coefficient (Wildman–Crippen LogP) is 3.61. The molecule has 0 fully saturated rings. The first kappa shape index (κ1) is 13.1. The van der Waals surface area contributed by atoms with Crippen molar-refractivity contribution < 1.29 is 14.3 Å². The highest BCUT2D eigenvalue weighted by atomic mass is 16.5. The van der Waals surface area contributed by atoms with Gasteiger partial charge in [-0.05, 0) is 38.1 Å². The number of benzene rings is 2. The van der Waals surface area contributed by atoms with Gasteiger partial charge in [0.25, 0.3) is 0 Å². The lowest BCUT2D eigenvalue weighted by Crippen LogP contribution is -2.10. The van der Waals surface area contributed by atoms with Gasteiger partial charge in [0, 0.05) is 0 Å². The quantitative estimate of drug-likeness (QED) is 0.619. The van der Waals surface area contributed by atoms with Crippen LogP contribution in [-0.2, 0) is 0 Å². The van der Waals surface area contributed by atoms with Crippen LogP contribution in [-0.4, -0.2) is 12.6 Å². The molecule has 19 heavy (non-hydrogen) atoms. The molecule has 0 aliphatic heterocycles. The number of rotatable bonds is 4. The normalized spacial score (nSPS) is 10.0. The second-order valence-corrected chi connectivity index (χ2v) is 4.13. The summed E-state index contributed by atoms with van der Waals surface area (Å²) in [6, 6.07) is 14.4. The van der Waals surface area contributed by atoms with Crippen LogP contribution in [0.4, 0.5) is 0 Å². The first-order chi connectivity index (χ1) is 9.20. The highest BCUT2D eigenvalue weighted by Crippen LogP contribution is 2.21. The van der Waals surface area contributed by atoms with Crippen LogP contribution in [0, 0.1) is 6.92 Å². The molecule has 0 aromatic heterocycles. The number of hydrogen-bond donors (Lipinski definition) is 0. The van der Waals surface area contributed by atoms with E-state index in [0.29, 0.717) is 23.7 Å². The van der Waals surface area contributed by atoms with Crippen LogP contribution in [0.15, 0.2) is 48.5 Å². The Morgan fingerprint density at radius 3 is 2.42 bits per heavy atom. The molecule has 0 amide bonds. The lowest BCUT2D eigenvalue weighted by molar-refractivity contribution is 0.0730. The van der Waals surface area contributed by atoms with Crippen molar-refractivity contribution >= 4 is 5.97 Å². The van der Waals surface area contributed by atoms with Crippen LogP contribution >= 0.6 is 0 Å². The van der Waals surface area contributed by atoms with Gasteiger partial charge in [-0.15, -0.1) is 0 Å². The molecule has 0 saturated carbocycles. The summed E-state index contributed by atoms with van der Waals surface area (Å²) >= 11 is 0. The van der Waals surface area contributed by atoms with Gasteiger partial charge in [0.15, 0.2) is 0 Å². The largest absolute Gasteiger partial charge is 0.493 e. The molecule has 2 rings (SSSR count). The highest BCUT2D eigenvalue weighted by Gasteiger charge is 2.14. The molecule has 3 heteroatoms. The van der Waals surface area contributed by atoms with Crippen molar-refractivity contribution in [2.24, 2.45) is 0 Å². The van der Waals surface area contributed by atoms with E-state index in [0.717, 1.165) is 5.56 Å². The highest BCUT2D eigenvalue weighted by molar-refractivity contribution is 5.93. The van der Waals surface area contributed by atoms with Gasteiger partial charge < -0.3 is 9.47 Å². The summed E-state index contributed by atoms with van der Waals surface area (Å²) in [5, 5.41) is 0. The van der Waals surface area contributed by atoms with E-state index in [4.69, 9.17) is 9.47 Å². The van der Waals surface area contributed by atoms with Crippen molar-refractivity contribution in [2.75, 3.05) is 6.61 Å². The fraction of sp³-hybridized carbons (Fsp3) is 0.188. The number of aryl methyl sites for hydroxylation is 1. The van der Waals surface area contributed by atoms with Gasteiger partial charge in [0.05, 0.1) is 6.61 Å². The molecule has 0 atom stereocenters. The maximum absolute atomic E-state index is 12.1. The number of hydrogen-bond acceptors (Lipinski definition) is 3. The number of carbonyl (C=O) groups excluding carboxylic acids is 1. The summed E-state index contributed by atoms with van der Waals surface area (Å²) in [4.78, 5) is 12.1. The minimum Gasteiger partial charge on any atom is -0.493 e. The molecule has 2 aromatic carbocycles. The molecule has 0 aliphatic rings. The number of para-hydroxylation sites is 1. The van der Waals surface area contributed by atoms with E-state index >= 15 is 0 Å². The van der Waals surface area contributed by atoms with Gasteiger partial charge in [-0.3, -0.25) is 0 Å². The summed E-state index contributed by atoms with van der Waals surface area (Å²) in [5.41, 5.74) is 1.56. The Morgan fingerprint density at radius 2 is 1.74 bits per heavy atom. The first-order valence-corrected chi connectivity index (χ1v) is 6.21. The van der Waals surface area contributed by atoms with Crippen molar-refractivity contribution in [3.05, 3.63) is 59.7 Å². The summed E-state index contributed by atoms with van der Waals surface area (Å²) in [6.07, 6.45) is 0. The third-order valence-electron chi connectivity index (χ3n) is 2.64. The zero-order chi connectivity index (χ0) is 13.7. The molecule has 0 saturated heterocycles. The minimum atomic E-state index is -0.409. The van der Waals surface area contributed by atoms with Crippen LogP contribution in [0.25, 0.3) is 0 Å². The van der Waals surface area contributed by atoms with Gasteiger partial charge >= 0.3 is 5.97 Å². The number of esters is 1. The Hall–Kier alpha value is -2.29. The van der Waals surface area contributed by atoms with Crippen LogP contribution in [0.3, 0.4) is 0 Å². The average Bonchev–Trinajstić information content (AvgIpc) is 2.42. The van der Waals surface area contributed by atoms with E-state index in [1.807, 2.05) is 32.0 Å². The Balaban J connectivity index is 2.18. The summed E-state index contributed by atoms with van der Waals surface area (Å²) < 4.78 is 10.7. The summed E-state index contributed by atoms with van der Waals surface area (Å²) in [6.45, 7) is 4.37. The second-order valence-electron chi connectivity index (χ2n) is 4.13. The lowest BCUT2D eigenvalue weighted by atomic mass is 10.2. The molecule has 0 spiro atoms. The van der Waals surface area contributed by atoms with Crippen molar-refractivity contribution in [1.29, 1.82) is 0 Å². The molecule has 0 unspecified atom stereocenters. The van der Waals surface area contributed by atoms with Crippen molar-refractivity contribution in [3.8, 4) is 11.5 Å². The minimum absolute atomic E-state index is 0.409. The smallest absolute Gasteiger partial charge is 0.347 e. The van der Waals surface area contributed by atoms with E-state index in [9.17, 15) is 4.79 Å². The molecule has 3 nitrogen and oxygen atoms in total. The van der Waals surface area contributed by atoms with Gasteiger partial charge in [0.1, 0.15) is 17.1 Å². The molecule has 0 heterocycles. The van der Waals surface area contributed by atoms with E-state index in [1.54, 1.807) is 30.3 Å². The van der Waals surface area contributed by atoms with Crippen molar-refractivity contribution in [2.45, 2.75) is 13.8 Å². The molecule has 98 valence electrons. The Morgan fingerprint density at radius 1 is 1.05 bits per heavy atom. The molecule has 0 N–H and O–H groups in total. The zero-order valence-electron chi connectivity index (χ0n) is 11.1. The van der Waals surface area contributed by atoms with Crippen molar-refractivity contribution in [3.63, 3.8) is 0 Å². The fourth-order valence-electron chi connectivity index (χ4n) is 1.68. The molecular weight excluding hydrogens is 240 g/mol. The molecule has 0 radical (unpaired) electrons. The summed E-state index contributed by atoms with van der Waals surface area (Å²) in [7, 11) is 0. The van der Waals surface area contributed by atoms with Gasteiger partial charge in [-0.2, -0.15) is 0 Å². The summed E-state index contributed by atoms with van der Waals surface area (Å²) in [5.74, 6) is 0.664. The van der Waals surface area contributed by atoms with Gasteiger partial charge in [-0.1, -0.05) is 29.8 Å². The predicted molar refractivity (Wildman–Crippen MR) is 73.7 cm³/mol. The SMILES string of the molecule is CCOc1ccccc1C(=O)Oc1ccc(C)cc1. The third-order valence-corrected chi connectivity index (χ3v) is 2.64. The van der Waals surface area contributed by atoms with Crippen LogP contribution < -0.4 is 9.47 Å². The molecule has 2 aromatic rings. The topological polar surface area (TPSA) is 35.5 Å². The monoisotopic (exact) mass is 256 g/mol. The van der Waals surface area contributed by atoms with Gasteiger partial charge in [-0.25, -0.2) is 4.79 Å². The lowest BCUT2D eigenvalue weighted by Gasteiger charge is -2.09. The maximum atomic E-state index is 12.1. The molecule has 0 aliphatic carbocycles. The van der Waals surface area contributed by atoms with E-state index in [-0.39, 0.29) is 0 Å². The first-order valence-electron chi connectivity index (χ1n) is 6.21. The van der Waals surface area contributed by atoms with Gasteiger partial charge in [0.2, 0.25) is 0 Å². The maximum Gasteiger partial charge on any atom is 0.347 e. The standard InChI is InChI=1S/C16H16O3/c1-3-18-15-7-5-4-6-14(15)16(17)19-13-10-8-12(2)9-11-13/h4-11H,3H2,1-2H3. The zero-order valence-corrected chi connectivity index (χ0v) is 11.1. The van der Waals surface area contributed by atoms with Crippen LogP contribution in [0.5, 0.6) is 11.5 Å². The Labute approximate surface area is 112 Å². The van der Waals surface area contributed by atoms with Crippen LogP contribution in [0.1, 0.15) is 22.8 Å². The Kier molecular flexibility index (Phi) is 4.18. The number of ether oxygens (including phenoxy) is 2.